The molecule has 8 nitrogen and oxygen atoms in total. The van der Waals surface area contributed by atoms with Gasteiger partial charge in [-0.3, -0.25) is 9.59 Å². The van der Waals surface area contributed by atoms with Gasteiger partial charge in [0.15, 0.2) is 35.3 Å². The van der Waals surface area contributed by atoms with E-state index in [0.29, 0.717) is 46.3 Å². The van der Waals surface area contributed by atoms with Crippen molar-refractivity contribution in [1.82, 2.24) is 9.97 Å². The molecule has 0 spiro atoms. The summed E-state index contributed by atoms with van der Waals surface area (Å²) < 4.78 is 20.8. The summed E-state index contributed by atoms with van der Waals surface area (Å²) in [5.74, 6) is -1.17. The molecule has 28 heavy (non-hydrogen) atoms. The molecule has 0 saturated carbocycles. The Morgan fingerprint density at radius 1 is 0.750 bits per heavy atom. The molecule has 142 valence electrons. The van der Waals surface area contributed by atoms with Gasteiger partial charge in [-0.05, 0) is 24.3 Å². The number of hydrogen-bond acceptors (Lipinski definition) is 10. The topological polar surface area (TPSA) is 105 Å². The number of fused-ring (bicyclic) bond motifs is 2. The van der Waals surface area contributed by atoms with Crippen LogP contribution >= 0.6 is 24.1 Å². The van der Waals surface area contributed by atoms with Gasteiger partial charge in [0.05, 0.1) is 12.8 Å². The van der Waals surface area contributed by atoms with E-state index in [1.165, 1.54) is 0 Å². The van der Waals surface area contributed by atoms with E-state index in [4.69, 9.17) is 17.2 Å². The molecular formula is C18H12N2O6S2. The van der Waals surface area contributed by atoms with E-state index in [9.17, 15) is 9.59 Å². The lowest BCUT2D eigenvalue weighted by atomic mass is 10.3. The Hall–Kier alpha value is -2.98. The first-order chi connectivity index (χ1) is 13.7. The lowest BCUT2D eigenvalue weighted by molar-refractivity contribution is -0.139. The molecule has 0 atom stereocenters. The van der Waals surface area contributed by atoms with E-state index in [0.717, 1.165) is 0 Å². The number of nitrogens with zero attached hydrogens (tertiary/aromatic N) is 2. The maximum absolute atomic E-state index is 11.8. The fraction of sp³-hybridized carbons (Fsp3) is 0.111. The summed E-state index contributed by atoms with van der Waals surface area (Å²) in [5.41, 5.74) is 2.53. The number of benzene rings is 2. The summed E-state index contributed by atoms with van der Waals surface area (Å²) in [7, 11) is 0. The molecule has 0 saturated heterocycles. The predicted molar refractivity (Wildman–Crippen MR) is 101 cm³/mol. The Kier molecular flexibility index (Phi) is 5.49. The van der Waals surface area contributed by atoms with Gasteiger partial charge >= 0.3 is 11.9 Å². The third-order valence-corrected chi connectivity index (χ3v) is 4.67. The zero-order valence-electron chi connectivity index (χ0n) is 14.2. The summed E-state index contributed by atoms with van der Waals surface area (Å²) in [6.07, 6.45) is -0.277. The summed E-state index contributed by atoms with van der Waals surface area (Å²) in [6, 6.07) is 14.4. The van der Waals surface area contributed by atoms with Crippen LogP contribution in [-0.2, 0) is 18.0 Å². The summed E-state index contributed by atoms with van der Waals surface area (Å²) >= 11 is 1.42. The van der Waals surface area contributed by atoms with Crippen molar-refractivity contribution in [3.8, 4) is 0 Å². The largest absolute Gasteiger partial charge is 0.429 e. The van der Waals surface area contributed by atoms with Crippen molar-refractivity contribution in [2.45, 2.75) is 23.3 Å². The zero-order valence-corrected chi connectivity index (χ0v) is 15.8. The monoisotopic (exact) mass is 416 g/mol. The number of hydrogen-bond donors (Lipinski definition) is 0. The van der Waals surface area contributed by atoms with E-state index >= 15 is 0 Å². The van der Waals surface area contributed by atoms with E-state index in [1.807, 2.05) is 24.3 Å². The van der Waals surface area contributed by atoms with Gasteiger partial charge in [0.1, 0.15) is 11.0 Å². The van der Waals surface area contributed by atoms with Crippen LogP contribution in [-0.4, -0.2) is 21.9 Å². The van der Waals surface area contributed by atoms with Crippen molar-refractivity contribution in [1.29, 1.82) is 0 Å². The van der Waals surface area contributed by atoms with Crippen molar-refractivity contribution >= 4 is 58.2 Å². The SMILES string of the molecule is O=C(CCC(=O)OSc1nc2ccccc2o1)OSc1nc2ccccc2o1. The molecule has 0 aliphatic heterocycles. The second-order valence-corrected chi connectivity index (χ2v) is 6.84. The third-order valence-electron chi connectivity index (χ3n) is 3.49. The molecule has 2 aromatic carbocycles. The normalized spacial score (nSPS) is 11.0. The van der Waals surface area contributed by atoms with Gasteiger partial charge in [-0.15, -0.1) is 0 Å². The second-order valence-electron chi connectivity index (χ2n) is 5.47. The molecule has 4 rings (SSSR count). The van der Waals surface area contributed by atoms with Crippen LogP contribution in [0.25, 0.3) is 22.2 Å². The number of para-hydroxylation sites is 4. The molecule has 2 heterocycles. The summed E-state index contributed by atoms with van der Waals surface area (Å²) in [5, 5.41) is 0.423. The highest BCUT2D eigenvalue weighted by molar-refractivity contribution is 7.95. The summed E-state index contributed by atoms with van der Waals surface area (Å²) in [4.78, 5) is 31.9. The Labute approximate surface area is 167 Å². The Bertz CT molecular complexity index is 983. The minimum absolute atomic E-state index is 0.139. The quantitative estimate of drug-likeness (QED) is 0.398. The van der Waals surface area contributed by atoms with Crippen molar-refractivity contribution < 1.29 is 26.8 Å². The average molecular weight is 416 g/mol. The van der Waals surface area contributed by atoms with E-state index in [2.05, 4.69) is 9.97 Å². The smallest absolute Gasteiger partial charge is 0.318 e. The predicted octanol–water partition coefficient (Wildman–Crippen LogP) is 4.55. The maximum Gasteiger partial charge on any atom is 0.318 e. The minimum Gasteiger partial charge on any atom is -0.429 e. The van der Waals surface area contributed by atoms with Gasteiger partial charge in [0.25, 0.3) is 10.4 Å². The minimum atomic E-state index is -0.587. The molecule has 0 aliphatic rings. The van der Waals surface area contributed by atoms with Crippen LogP contribution in [0.5, 0.6) is 0 Å². The fourth-order valence-electron chi connectivity index (χ4n) is 2.23. The van der Waals surface area contributed by atoms with Crippen molar-refractivity contribution in [3.05, 3.63) is 48.5 Å². The van der Waals surface area contributed by atoms with Crippen LogP contribution in [0.15, 0.2) is 67.8 Å². The Balaban J connectivity index is 1.20. The highest BCUT2D eigenvalue weighted by Crippen LogP contribution is 2.26. The number of carbonyl (C=O) groups is 2. The summed E-state index contributed by atoms with van der Waals surface area (Å²) in [6.45, 7) is 0. The lowest BCUT2D eigenvalue weighted by Gasteiger charge is -2.00. The highest BCUT2D eigenvalue weighted by Gasteiger charge is 2.15. The molecule has 0 bridgehead atoms. The number of oxazole rings is 2. The molecule has 0 N–H and O–H groups in total. The first-order valence-corrected chi connectivity index (χ1v) is 9.61. The molecular weight excluding hydrogens is 404 g/mol. The molecule has 0 radical (unpaired) electrons. The van der Waals surface area contributed by atoms with Gasteiger partial charge < -0.3 is 17.2 Å². The number of carbonyl (C=O) groups excluding carboxylic acids is 2. The van der Waals surface area contributed by atoms with Gasteiger partial charge in [0, 0.05) is 0 Å². The molecule has 2 aromatic heterocycles. The molecule has 0 aliphatic carbocycles. The van der Waals surface area contributed by atoms with Gasteiger partial charge in [0.2, 0.25) is 0 Å². The van der Waals surface area contributed by atoms with E-state index in [1.54, 1.807) is 24.3 Å². The maximum atomic E-state index is 11.8. The number of aromatic nitrogens is 2. The van der Waals surface area contributed by atoms with Crippen molar-refractivity contribution in [2.75, 3.05) is 0 Å². The first-order valence-electron chi connectivity index (χ1n) is 8.13. The molecule has 0 unspecified atom stereocenters. The highest BCUT2D eigenvalue weighted by atomic mass is 32.2. The fourth-order valence-corrected chi connectivity index (χ4v) is 3.24. The van der Waals surface area contributed by atoms with Crippen LogP contribution in [0.1, 0.15) is 12.8 Å². The molecule has 4 aromatic rings. The van der Waals surface area contributed by atoms with Gasteiger partial charge in [-0.25, -0.2) is 9.97 Å². The first kappa shape index (κ1) is 18.4. The van der Waals surface area contributed by atoms with Crippen molar-refractivity contribution in [3.63, 3.8) is 0 Å². The zero-order chi connectivity index (χ0) is 19.3. The van der Waals surface area contributed by atoms with E-state index < -0.39 is 11.9 Å². The van der Waals surface area contributed by atoms with Crippen LogP contribution in [0.2, 0.25) is 0 Å². The van der Waals surface area contributed by atoms with Crippen LogP contribution in [0.3, 0.4) is 0 Å². The second kappa shape index (κ2) is 8.36. The number of rotatable bonds is 7. The third kappa shape index (κ3) is 4.46. The van der Waals surface area contributed by atoms with Crippen LogP contribution in [0.4, 0.5) is 0 Å². The lowest BCUT2D eigenvalue weighted by Crippen LogP contribution is -2.05. The van der Waals surface area contributed by atoms with Gasteiger partial charge in [-0.1, -0.05) is 24.3 Å². The molecule has 0 fully saturated rings. The van der Waals surface area contributed by atoms with Crippen molar-refractivity contribution in [2.24, 2.45) is 0 Å². The van der Waals surface area contributed by atoms with E-state index in [-0.39, 0.29) is 23.3 Å². The molecule has 0 amide bonds. The average Bonchev–Trinajstić information content (AvgIpc) is 3.32. The standard InChI is InChI=1S/C18H12N2O6S2/c21-15(25-27-17-19-11-5-1-3-7-13(11)23-17)9-10-16(22)26-28-18-20-12-6-2-4-8-14(12)24-18/h1-8H,9-10H2. The Morgan fingerprint density at radius 2 is 1.18 bits per heavy atom. The van der Waals surface area contributed by atoms with Crippen LogP contribution < -0.4 is 0 Å². The van der Waals surface area contributed by atoms with Crippen LogP contribution in [0, 0.1) is 0 Å². The molecule has 10 heteroatoms. The Morgan fingerprint density at radius 3 is 1.61 bits per heavy atom. The van der Waals surface area contributed by atoms with Gasteiger partial charge in [-0.2, -0.15) is 0 Å².